The Morgan fingerprint density at radius 1 is 1.10 bits per heavy atom. The summed E-state index contributed by atoms with van der Waals surface area (Å²) in [6.07, 6.45) is 4.90. The topological polar surface area (TPSA) is 58.6 Å². The first-order chi connectivity index (χ1) is 15.0. The molecule has 166 valence electrons. The van der Waals surface area contributed by atoms with Crippen LogP contribution in [0.5, 0.6) is 0 Å². The van der Waals surface area contributed by atoms with Gasteiger partial charge >= 0.3 is 0 Å². The van der Waals surface area contributed by atoms with Gasteiger partial charge in [-0.2, -0.15) is 0 Å². The van der Waals surface area contributed by atoms with Crippen LogP contribution in [0.1, 0.15) is 57.7 Å². The molecule has 0 bridgehead atoms. The zero-order valence-electron chi connectivity index (χ0n) is 19.0. The number of hydrogen-bond donors (Lipinski definition) is 0. The summed E-state index contributed by atoms with van der Waals surface area (Å²) in [6.45, 7) is 9.32. The molecule has 2 aliphatic rings. The molecule has 31 heavy (non-hydrogen) atoms. The van der Waals surface area contributed by atoms with Gasteiger partial charge in [0.25, 0.3) is 0 Å². The summed E-state index contributed by atoms with van der Waals surface area (Å²) >= 11 is 0. The van der Waals surface area contributed by atoms with Gasteiger partial charge in [0.05, 0.1) is 24.4 Å². The standard InChI is InChI=1S/C25H34N4O2/c1-4-5-7-12-23(30)28-14-13-22-21(17-28)25(29-15-18(2)31-19(3)16-29)27-24(26-22)20-10-8-6-9-11-20/h6,8-11,18-19H,4-5,7,12-17H2,1-3H3. The highest BCUT2D eigenvalue weighted by Crippen LogP contribution is 2.31. The number of nitrogens with zero attached hydrogens (tertiary/aromatic N) is 4. The molecule has 2 atom stereocenters. The van der Waals surface area contributed by atoms with Crippen molar-refractivity contribution in [3.63, 3.8) is 0 Å². The number of rotatable bonds is 6. The maximum Gasteiger partial charge on any atom is 0.222 e. The van der Waals surface area contributed by atoms with Gasteiger partial charge in [-0.05, 0) is 20.3 Å². The third kappa shape index (κ3) is 5.06. The van der Waals surface area contributed by atoms with Crippen molar-refractivity contribution in [2.75, 3.05) is 24.5 Å². The maximum atomic E-state index is 12.8. The van der Waals surface area contributed by atoms with Gasteiger partial charge in [0.15, 0.2) is 5.82 Å². The molecule has 6 nitrogen and oxygen atoms in total. The van der Waals surface area contributed by atoms with Gasteiger partial charge in [0, 0.05) is 43.6 Å². The van der Waals surface area contributed by atoms with Crippen molar-refractivity contribution in [1.29, 1.82) is 0 Å². The monoisotopic (exact) mass is 422 g/mol. The summed E-state index contributed by atoms with van der Waals surface area (Å²) in [7, 11) is 0. The second-order valence-corrected chi connectivity index (χ2v) is 8.85. The second kappa shape index (κ2) is 9.77. The number of ether oxygens (including phenoxy) is 1. The molecule has 2 aliphatic heterocycles. The van der Waals surface area contributed by atoms with E-state index in [1.54, 1.807) is 0 Å². The van der Waals surface area contributed by atoms with Gasteiger partial charge < -0.3 is 14.5 Å². The quantitative estimate of drug-likeness (QED) is 0.652. The molecule has 4 rings (SSSR count). The van der Waals surface area contributed by atoms with Gasteiger partial charge in [0.1, 0.15) is 5.82 Å². The van der Waals surface area contributed by atoms with Crippen molar-refractivity contribution >= 4 is 11.7 Å². The lowest BCUT2D eigenvalue weighted by Crippen LogP contribution is -2.47. The lowest BCUT2D eigenvalue weighted by atomic mass is 10.0. The fourth-order valence-electron chi connectivity index (χ4n) is 4.62. The van der Waals surface area contributed by atoms with E-state index in [1.807, 2.05) is 23.1 Å². The Bertz CT molecular complexity index is 892. The van der Waals surface area contributed by atoms with E-state index < -0.39 is 0 Å². The highest BCUT2D eigenvalue weighted by atomic mass is 16.5. The van der Waals surface area contributed by atoms with Crippen molar-refractivity contribution in [3.8, 4) is 11.4 Å². The van der Waals surface area contributed by atoms with E-state index >= 15 is 0 Å². The third-order valence-electron chi connectivity index (χ3n) is 6.14. The van der Waals surface area contributed by atoms with Gasteiger partial charge in [-0.1, -0.05) is 50.1 Å². The van der Waals surface area contributed by atoms with Crippen LogP contribution in [0.3, 0.4) is 0 Å². The molecule has 1 aromatic heterocycles. The fraction of sp³-hybridized carbons (Fsp3) is 0.560. The third-order valence-corrected chi connectivity index (χ3v) is 6.14. The van der Waals surface area contributed by atoms with E-state index in [9.17, 15) is 4.79 Å². The largest absolute Gasteiger partial charge is 0.372 e. The molecule has 2 unspecified atom stereocenters. The molecule has 6 heteroatoms. The lowest BCUT2D eigenvalue weighted by Gasteiger charge is -2.39. The summed E-state index contributed by atoms with van der Waals surface area (Å²) in [5.74, 6) is 1.99. The summed E-state index contributed by atoms with van der Waals surface area (Å²) < 4.78 is 5.96. The molecule has 2 aromatic rings. The highest BCUT2D eigenvalue weighted by Gasteiger charge is 2.31. The molecule has 0 spiro atoms. The zero-order chi connectivity index (χ0) is 21.8. The number of carbonyl (C=O) groups is 1. The molecule has 1 fully saturated rings. The van der Waals surface area contributed by atoms with E-state index in [1.165, 1.54) is 0 Å². The van der Waals surface area contributed by atoms with Crippen molar-refractivity contribution in [2.45, 2.75) is 71.6 Å². The number of anilines is 1. The average molecular weight is 423 g/mol. The Kier molecular flexibility index (Phi) is 6.86. The van der Waals surface area contributed by atoms with Crippen LogP contribution >= 0.6 is 0 Å². The minimum absolute atomic E-state index is 0.143. The van der Waals surface area contributed by atoms with E-state index in [-0.39, 0.29) is 18.1 Å². The summed E-state index contributed by atoms with van der Waals surface area (Å²) in [5.41, 5.74) is 3.21. The van der Waals surface area contributed by atoms with E-state index in [0.717, 1.165) is 73.8 Å². The van der Waals surface area contributed by atoms with Crippen LogP contribution in [0.2, 0.25) is 0 Å². The van der Waals surface area contributed by atoms with Gasteiger partial charge in [0.2, 0.25) is 5.91 Å². The molecule has 1 amide bonds. The van der Waals surface area contributed by atoms with Crippen molar-refractivity contribution < 1.29 is 9.53 Å². The Hall–Kier alpha value is -2.47. The first-order valence-electron chi connectivity index (χ1n) is 11.7. The normalized spacial score (nSPS) is 21.1. The predicted octanol–water partition coefficient (Wildman–Crippen LogP) is 4.22. The first kappa shape index (κ1) is 21.8. The number of amides is 1. The molecular formula is C25H34N4O2. The molecule has 0 aliphatic carbocycles. The molecule has 1 aromatic carbocycles. The number of hydrogen-bond acceptors (Lipinski definition) is 5. The van der Waals surface area contributed by atoms with Crippen LogP contribution in [0, 0.1) is 0 Å². The van der Waals surface area contributed by atoms with Crippen LogP contribution in [0.25, 0.3) is 11.4 Å². The zero-order valence-corrected chi connectivity index (χ0v) is 19.0. The Labute approximate surface area is 185 Å². The number of unbranched alkanes of at least 4 members (excludes halogenated alkanes) is 2. The van der Waals surface area contributed by atoms with E-state index in [4.69, 9.17) is 14.7 Å². The SMILES string of the molecule is CCCCCC(=O)N1CCc2nc(-c3ccccc3)nc(N3CC(C)OC(C)C3)c2C1. The Morgan fingerprint density at radius 2 is 1.84 bits per heavy atom. The Balaban J connectivity index is 1.67. The first-order valence-corrected chi connectivity index (χ1v) is 11.7. The van der Waals surface area contributed by atoms with Crippen LogP contribution in [0.15, 0.2) is 30.3 Å². The van der Waals surface area contributed by atoms with Crippen molar-refractivity contribution in [2.24, 2.45) is 0 Å². The summed E-state index contributed by atoms with van der Waals surface area (Å²) in [5, 5.41) is 0. The number of benzene rings is 1. The van der Waals surface area contributed by atoms with Gasteiger partial charge in [-0.25, -0.2) is 9.97 Å². The van der Waals surface area contributed by atoms with Crippen LogP contribution in [-0.4, -0.2) is 52.6 Å². The molecule has 0 N–H and O–H groups in total. The number of morpholine rings is 1. The minimum Gasteiger partial charge on any atom is -0.372 e. The highest BCUT2D eigenvalue weighted by molar-refractivity contribution is 5.77. The molecule has 1 saturated heterocycles. The van der Waals surface area contributed by atoms with Crippen molar-refractivity contribution in [1.82, 2.24) is 14.9 Å². The van der Waals surface area contributed by atoms with Crippen LogP contribution in [0.4, 0.5) is 5.82 Å². The van der Waals surface area contributed by atoms with E-state index in [2.05, 4.69) is 37.8 Å². The molecule has 3 heterocycles. The Morgan fingerprint density at radius 3 is 2.55 bits per heavy atom. The second-order valence-electron chi connectivity index (χ2n) is 8.85. The van der Waals surface area contributed by atoms with Gasteiger partial charge in [-0.3, -0.25) is 4.79 Å². The van der Waals surface area contributed by atoms with E-state index in [0.29, 0.717) is 13.0 Å². The smallest absolute Gasteiger partial charge is 0.222 e. The lowest BCUT2D eigenvalue weighted by molar-refractivity contribution is -0.132. The number of fused-ring (bicyclic) bond motifs is 1. The van der Waals surface area contributed by atoms with Gasteiger partial charge in [-0.15, -0.1) is 0 Å². The molecular weight excluding hydrogens is 388 g/mol. The number of aromatic nitrogens is 2. The van der Waals surface area contributed by atoms with Crippen molar-refractivity contribution in [3.05, 3.63) is 41.6 Å². The maximum absolute atomic E-state index is 12.8. The van der Waals surface area contributed by atoms with Crippen LogP contribution < -0.4 is 4.90 Å². The fourth-order valence-corrected chi connectivity index (χ4v) is 4.62. The molecule has 0 saturated carbocycles. The summed E-state index contributed by atoms with van der Waals surface area (Å²) in [6, 6.07) is 10.2. The predicted molar refractivity (Wildman–Crippen MR) is 123 cm³/mol. The average Bonchev–Trinajstić information content (AvgIpc) is 2.78. The number of carbonyl (C=O) groups excluding carboxylic acids is 1. The van der Waals surface area contributed by atoms with Crippen LogP contribution in [-0.2, 0) is 22.5 Å². The molecule has 0 radical (unpaired) electrons. The minimum atomic E-state index is 0.143. The summed E-state index contributed by atoms with van der Waals surface area (Å²) in [4.78, 5) is 27.1.